The van der Waals surface area contributed by atoms with Gasteiger partial charge in [0.15, 0.2) is 0 Å². The molecule has 1 rings (SSSR count). The average molecular weight is 212 g/mol. The predicted molar refractivity (Wildman–Crippen MR) is 48.8 cm³/mol. The van der Waals surface area contributed by atoms with Crippen LogP contribution in [0.1, 0.15) is 16.1 Å². The van der Waals surface area contributed by atoms with Gasteiger partial charge in [0.2, 0.25) is 0 Å². The summed E-state index contributed by atoms with van der Waals surface area (Å²) in [5.41, 5.74) is 0.125. The summed E-state index contributed by atoms with van der Waals surface area (Å²) >= 11 is 0. The monoisotopic (exact) mass is 212 g/mol. The number of amides is 1. The largest absolute Gasteiger partial charge is 0.478 e. The van der Waals surface area contributed by atoms with E-state index in [2.05, 4.69) is 4.98 Å². The Hall–Kier alpha value is -2.31. The van der Waals surface area contributed by atoms with Gasteiger partial charge in [-0.05, 0) is 6.92 Å². The van der Waals surface area contributed by atoms with E-state index in [0.717, 1.165) is 0 Å². The zero-order chi connectivity index (χ0) is 11.6. The molecule has 1 aromatic rings. The number of anilines is 1. The van der Waals surface area contributed by atoms with Crippen LogP contribution in [0.2, 0.25) is 0 Å². The SMILES string of the molecule is Cc1[nH]cc(NC(=O)C(=O)O)c1C(=O)O. The first kappa shape index (κ1) is 10.8. The molecule has 0 aliphatic heterocycles. The van der Waals surface area contributed by atoms with Gasteiger partial charge in [-0.1, -0.05) is 0 Å². The third-order valence-electron chi connectivity index (χ3n) is 1.73. The van der Waals surface area contributed by atoms with Crippen LogP contribution in [-0.4, -0.2) is 33.0 Å². The number of aromatic amines is 1. The normalized spacial score (nSPS) is 9.67. The van der Waals surface area contributed by atoms with Gasteiger partial charge in [-0.15, -0.1) is 0 Å². The van der Waals surface area contributed by atoms with E-state index < -0.39 is 17.8 Å². The number of aliphatic carboxylic acids is 1. The second-order valence-corrected chi connectivity index (χ2v) is 2.77. The number of aromatic nitrogens is 1. The highest BCUT2D eigenvalue weighted by molar-refractivity contribution is 6.36. The van der Waals surface area contributed by atoms with Crippen LogP contribution in [0.4, 0.5) is 5.69 Å². The Bertz CT molecular complexity index is 434. The number of nitrogens with one attached hydrogen (secondary N) is 2. The molecule has 1 aromatic heterocycles. The van der Waals surface area contributed by atoms with Crippen LogP contribution in [0.3, 0.4) is 0 Å². The van der Waals surface area contributed by atoms with Crippen LogP contribution in [-0.2, 0) is 9.59 Å². The van der Waals surface area contributed by atoms with Gasteiger partial charge in [-0.2, -0.15) is 0 Å². The number of aromatic carboxylic acids is 1. The Morgan fingerprint density at radius 3 is 2.40 bits per heavy atom. The number of hydrogen-bond donors (Lipinski definition) is 4. The number of aryl methyl sites for hydroxylation is 1. The van der Waals surface area contributed by atoms with Crippen LogP contribution >= 0.6 is 0 Å². The maximum Gasteiger partial charge on any atom is 0.394 e. The minimum atomic E-state index is -1.68. The van der Waals surface area contributed by atoms with Gasteiger partial charge in [0.25, 0.3) is 0 Å². The molecule has 4 N–H and O–H groups in total. The molecular formula is C8H8N2O5. The van der Waals surface area contributed by atoms with Crippen molar-refractivity contribution in [3.05, 3.63) is 17.5 Å². The van der Waals surface area contributed by atoms with E-state index in [9.17, 15) is 14.4 Å². The van der Waals surface area contributed by atoms with Gasteiger partial charge in [0.05, 0.1) is 5.69 Å². The minimum Gasteiger partial charge on any atom is -0.478 e. The van der Waals surface area contributed by atoms with Crippen molar-refractivity contribution < 1.29 is 24.6 Å². The Morgan fingerprint density at radius 2 is 1.93 bits per heavy atom. The molecule has 1 heterocycles. The highest BCUT2D eigenvalue weighted by Gasteiger charge is 2.19. The van der Waals surface area contributed by atoms with Crippen molar-refractivity contribution >= 4 is 23.5 Å². The molecule has 80 valence electrons. The van der Waals surface area contributed by atoms with E-state index in [0.29, 0.717) is 5.69 Å². The molecule has 0 aromatic carbocycles. The van der Waals surface area contributed by atoms with Crippen molar-refractivity contribution in [2.45, 2.75) is 6.92 Å². The Kier molecular flexibility index (Phi) is 2.75. The molecular weight excluding hydrogens is 204 g/mol. The van der Waals surface area contributed by atoms with Crippen LogP contribution in [0, 0.1) is 6.92 Å². The van der Waals surface area contributed by atoms with Crippen LogP contribution in [0.5, 0.6) is 0 Å². The second-order valence-electron chi connectivity index (χ2n) is 2.77. The Balaban J connectivity index is 3.01. The lowest BCUT2D eigenvalue weighted by atomic mass is 10.2. The van der Waals surface area contributed by atoms with Crippen molar-refractivity contribution in [3.8, 4) is 0 Å². The summed E-state index contributed by atoms with van der Waals surface area (Å²) in [6, 6.07) is 0. The van der Waals surface area contributed by atoms with Gasteiger partial charge in [0, 0.05) is 11.9 Å². The van der Waals surface area contributed by atoms with Crippen molar-refractivity contribution in [1.29, 1.82) is 0 Å². The molecule has 0 fully saturated rings. The van der Waals surface area contributed by atoms with Crippen molar-refractivity contribution in [1.82, 2.24) is 4.98 Å². The average Bonchev–Trinajstić information content (AvgIpc) is 2.46. The van der Waals surface area contributed by atoms with Crippen LogP contribution in [0.15, 0.2) is 6.20 Å². The molecule has 0 aliphatic rings. The van der Waals surface area contributed by atoms with Crippen LogP contribution < -0.4 is 5.32 Å². The highest BCUT2D eigenvalue weighted by Crippen LogP contribution is 2.18. The van der Waals surface area contributed by atoms with Crippen LogP contribution in [0.25, 0.3) is 0 Å². The van der Waals surface area contributed by atoms with E-state index in [1.165, 1.54) is 13.1 Å². The quantitative estimate of drug-likeness (QED) is 0.516. The molecule has 0 saturated carbocycles. The van der Waals surface area contributed by atoms with E-state index in [-0.39, 0.29) is 11.3 Å². The molecule has 0 atom stereocenters. The van der Waals surface area contributed by atoms with Gasteiger partial charge < -0.3 is 20.5 Å². The summed E-state index contributed by atoms with van der Waals surface area (Å²) in [4.78, 5) is 34.3. The van der Waals surface area contributed by atoms with Gasteiger partial charge in [0.1, 0.15) is 5.56 Å². The van der Waals surface area contributed by atoms with Crippen molar-refractivity contribution in [2.75, 3.05) is 5.32 Å². The molecule has 0 bridgehead atoms. The first-order valence-corrected chi connectivity index (χ1v) is 3.89. The van der Waals surface area contributed by atoms with E-state index in [1.807, 2.05) is 5.32 Å². The number of carboxylic acids is 2. The molecule has 0 spiro atoms. The number of H-pyrrole nitrogens is 1. The fraction of sp³-hybridized carbons (Fsp3) is 0.125. The number of carbonyl (C=O) groups excluding carboxylic acids is 1. The molecule has 15 heavy (non-hydrogen) atoms. The highest BCUT2D eigenvalue weighted by atomic mass is 16.4. The lowest BCUT2D eigenvalue weighted by Gasteiger charge is -2.00. The first-order chi connectivity index (χ1) is 6.93. The second kappa shape index (κ2) is 3.82. The van der Waals surface area contributed by atoms with E-state index in [1.54, 1.807) is 0 Å². The molecule has 1 amide bonds. The van der Waals surface area contributed by atoms with Crippen molar-refractivity contribution in [3.63, 3.8) is 0 Å². The third-order valence-corrected chi connectivity index (χ3v) is 1.73. The smallest absolute Gasteiger partial charge is 0.394 e. The standard InChI is InChI=1S/C8H8N2O5/c1-3-5(7(12)13)4(2-9-3)10-6(11)8(14)15/h2,9H,1H3,(H,10,11)(H,12,13)(H,14,15). The number of carbonyl (C=O) groups is 3. The number of carboxylic acid groups (broad SMARTS) is 2. The fourth-order valence-electron chi connectivity index (χ4n) is 1.08. The van der Waals surface area contributed by atoms with E-state index in [4.69, 9.17) is 10.2 Å². The predicted octanol–water partition coefficient (Wildman–Crippen LogP) is 0.0444. The van der Waals surface area contributed by atoms with E-state index >= 15 is 0 Å². The van der Waals surface area contributed by atoms with Gasteiger partial charge in [-0.25, -0.2) is 9.59 Å². The molecule has 0 saturated heterocycles. The van der Waals surface area contributed by atoms with Gasteiger partial charge >= 0.3 is 17.8 Å². The maximum atomic E-state index is 10.8. The topological polar surface area (TPSA) is 119 Å². The Morgan fingerprint density at radius 1 is 1.33 bits per heavy atom. The summed E-state index contributed by atoms with van der Waals surface area (Å²) < 4.78 is 0. The maximum absolute atomic E-state index is 10.8. The summed E-state index contributed by atoms with van der Waals surface area (Å²) in [5, 5.41) is 19.0. The summed E-state index contributed by atoms with van der Waals surface area (Å²) in [5.74, 6) is -4.20. The summed E-state index contributed by atoms with van der Waals surface area (Å²) in [7, 11) is 0. The minimum absolute atomic E-state index is 0.0626. The summed E-state index contributed by atoms with van der Waals surface area (Å²) in [6.07, 6.45) is 1.22. The molecule has 0 aliphatic carbocycles. The fourth-order valence-corrected chi connectivity index (χ4v) is 1.08. The third kappa shape index (κ3) is 2.13. The molecule has 7 heteroatoms. The molecule has 0 unspecified atom stereocenters. The lowest BCUT2D eigenvalue weighted by Crippen LogP contribution is -2.22. The Labute approximate surface area is 83.7 Å². The number of rotatable bonds is 2. The summed E-state index contributed by atoms with van der Waals surface area (Å²) in [6.45, 7) is 1.50. The molecule has 0 radical (unpaired) electrons. The molecule has 7 nitrogen and oxygen atoms in total. The van der Waals surface area contributed by atoms with Gasteiger partial charge in [-0.3, -0.25) is 4.79 Å². The lowest BCUT2D eigenvalue weighted by molar-refractivity contribution is -0.147. The van der Waals surface area contributed by atoms with Crippen molar-refractivity contribution in [2.24, 2.45) is 0 Å². The zero-order valence-corrected chi connectivity index (χ0v) is 7.70. The first-order valence-electron chi connectivity index (χ1n) is 3.89. The number of hydrogen-bond acceptors (Lipinski definition) is 3. The zero-order valence-electron chi connectivity index (χ0n) is 7.70.